The monoisotopic (exact) mass is 583 g/mol. The maximum Gasteiger partial charge on any atom is 0.269 e. The predicted octanol–water partition coefficient (Wildman–Crippen LogP) is 3.90. The number of nitrogens with zero attached hydrogens (tertiary/aromatic N) is 5. The summed E-state index contributed by atoms with van der Waals surface area (Å²) in [5.41, 5.74) is 9.12. The average molecular weight is 584 g/mol. The Morgan fingerprint density at radius 3 is 2.67 bits per heavy atom. The molecule has 0 bridgehead atoms. The maximum absolute atomic E-state index is 13.8. The number of nitrogens with one attached hydrogen (secondary N) is 1. The van der Waals surface area contributed by atoms with Crippen LogP contribution in [0.15, 0.2) is 59.3 Å². The van der Waals surface area contributed by atoms with Crippen molar-refractivity contribution in [2.45, 2.75) is 45.8 Å². The summed E-state index contributed by atoms with van der Waals surface area (Å²) in [5, 5.41) is 16.2. The van der Waals surface area contributed by atoms with Crippen molar-refractivity contribution in [1.29, 1.82) is 0 Å². The summed E-state index contributed by atoms with van der Waals surface area (Å²) >= 11 is 0. The van der Waals surface area contributed by atoms with E-state index in [2.05, 4.69) is 20.6 Å². The molecular formula is C31H30FN7O4. The van der Waals surface area contributed by atoms with Crippen LogP contribution in [0.4, 0.5) is 4.39 Å². The Labute approximate surface area is 245 Å². The van der Waals surface area contributed by atoms with Gasteiger partial charge in [-0.05, 0) is 68.1 Å². The first-order valence-corrected chi connectivity index (χ1v) is 14.0. The molecule has 11 nitrogen and oxygen atoms in total. The number of likely N-dealkylation sites (tertiary alicyclic amines) is 1. The Balaban J connectivity index is 1.23. The summed E-state index contributed by atoms with van der Waals surface area (Å²) in [5.74, 6) is -1.08. The number of furan rings is 1. The minimum absolute atomic E-state index is 0.0469. The number of rotatable bonds is 7. The molecule has 6 rings (SSSR count). The van der Waals surface area contributed by atoms with E-state index >= 15 is 0 Å². The number of aryl methyl sites for hydroxylation is 1. The first-order chi connectivity index (χ1) is 20.6. The highest BCUT2D eigenvalue weighted by molar-refractivity contribution is 6.05. The summed E-state index contributed by atoms with van der Waals surface area (Å²) in [4.78, 5) is 41.0. The molecule has 43 heavy (non-hydrogen) atoms. The molecule has 1 fully saturated rings. The van der Waals surface area contributed by atoms with Crippen LogP contribution >= 0.6 is 0 Å². The van der Waals surface area contributed by atoms with Gasteiger partial charge >= 0.3 is 0 Å². The van der Waals surface area contributed by atoms with Gasteiger partial charge in [0.05, 0.1) is 24.0 Å². The van der Waals surface area contributed by atoms with Gasteiger partial charge in [0.15, 0.2) is 5.69 Å². The van der Waals surface area contributed by atoms with E-state index in [9.17, 15) is 18.8 Å². The average Bonchev–Trinajstić information content (AvgIpc) is 3.66. The van der Waals surface area contributed by atoms with Crippen LogP contribution in [0.5, 0.6) is 0 Å². The minimum Gasteiger partial charge on any atom is -0.459 e. The van der Waals surface area contributed by atoms with E-state index in [1.54, 1.807) is 48.5 Å². The maximum atomic E-state index is 13.8. The molecule has 3 aromatic heterocycles. The third kappa shape index (κ3) is 5.20. The van der Waals surface area contributed by atoms with Crippen LogP contribution in [-0.2, 0) is 16.1 Å². The Bertz CT molecular complexity index is 1880. The van der Waals surface area contributed by atoms with Crippen molar-refractivity contribution in [1.82, 2.24) is 30.2 Å². The molecule has 1 aliphatic heterocycles. The number of hydrogen-bond acceptors (Lipinski definition) is 7. The number of aromatic nitrogens is 4. The second kappa shape index (κ2) is 10.9. The van der Waals surface area contributed by atoms with Gasteiger partial charge in [-0.2, -0.15) is 15.3 Å². The molecule has 3 N–H and O–H groups in total. The van der Waals surface area contributed by atoms with E-state index in [4.69, 9.17) is 10.2 Å². The summed E-state index contributed by atoms with van der Waals surface area (Å²) in [6, 6.07) is 10.3. The lowest BCUT2D eigenvalue weighted by Gasteiger charge is -2.25. The zero-order valence-electron chi connectivity index (χ0n) is 23.9. The van der Waals surface area contributed by atoms with Crippen molar-refractivity contribution in [2.75, 3.05) is 6.54 Å². The topological polar surface area (TPSA) is 149 Å². The molecular weight excluding hydrogens is 553 g/mol. The van der Waals surface area contributed by atoms with Crippen molar-refractivity contribution in [2.24, 2.45) is 11.7 Å². The van der Waals surface area contributed by atoms with Crippen molar-refractivity contribution < 1.29 is 23.2 Å². The third-order valence-electron chi connectivity index (χ3n) is 8.01. The largest absolute Gasteiger partial charge is 0.459 e. The lowest BCUT2D eigenvalue weighted by molar-refractivity contribution is -0.139. The minimum atomic E-state index is -0.717. The second-order valence-corrected chi connectivity index (χ2v) is 11.1. The fourth-order valence-corrected chi connectivity index (χ4v) is 5.91. The molecule has 2 aromatic carbocycles. The van der Waals surface area contributed by atoms with Gasteiger partial charge in [-0.1, -0.05) is 13.0 Å². The van der Waals surface area contributed by atoms with E-state index in [1.165, 1.54) is 16.8 Å². The number of carbonyl (C=O) groups is 3. The number of amides is 3. The molecule has 1 unspecified atom stereocenters. The van der Waals surface area contributed by atoms with Crippen molar-refractivity contribution in [3.05, 3.63) is 77.7 Å². The van der Waals surface area contributed by atoms with Crippen LogP contribution in [0.3, 0.4) is 0 Å². The zero-order valence-corrected chi connectivity index (χ0v) is 23.9. The summed E-state index contributed by atoms with van der Waals surface area (Å²) < 4.78 is 21.2. The first kappa shape index (κ1) is 28.0. The molecule has 0 saturated carbocycles. The highest BCUT2D eigenvalue weighted by Gasteiger charge is 2.39. The number of halogens is 1. The normalized spacial score (nSPS) is 17.4. The summed E-state index contributed by atoms with van der Waals surface area (Å²) in [7, 11) is 0. The van der Waals surface area contributed by atoms with Gasteiger partial charge in [0, 0.05) is 28.4 Å². The van der Waals surface area contributed by atoms with Gasteiger partial charge in [-0.15, -0.1) is 0 Å². The number of carbonyl (C=O) groups excluding carboxylic acids is 3. The van der Waals surface area contributed by atoms with Crippen LogP contribution in [0.2, 0.25) is 0 Å². The van der Waals surface area contributed by atoms with Crippen molar-refractivity contribution in [3.8, 4) is 11.1 Å². The molecule has 0 radical (unpaired) electrons. The van der Waals surface area contributed by atoms with Crippen molar-refractivity contribution in [3.63, 3.8) is 0 Å². The van der Waals surface area contributed by atoms with E-state index in [-0.39, 0.29) is 35.8 Å². The van der Waals surface area contributed by atoms with Crippen molar-refractivity contribution >= 4 is 39.6 Å². The molecule has 0 aliphatic carbocycles. The number of primary amides is 1. The van der Waals surface area contributed by atoms with E-state index in [0.29, 0.717) is 40.6 Å². The number of benzene rings is 2. The van der Waals surface area contributed by atoms with Gasteiger partial charge in [-0.25, -0.2) is 4.39 Å². The standard InChI is InChI=1S/C31H30FN7O4/c1-16-10-25(31(42)36-18(3)29-17(2)22-12-21(32)5-7-26(22)43-29)38(14-16)27(40)15-39-24-6-4-19(20-8-9-34-35-13-20)11-23(24)28(37-39)30(33)41/h4-9,11-13,16,18,25H,10,14-15H2,1-3H3,(H2,33,41)(H,36,42)/t16-,18+,25?/m1/s1. The molecule has 3 atom stereocenters. The molecule has 1 aliphatic rings. The Kier molecular flexibility index (Phi) is 7.12. The Hall–Kier alpha value is -5.13. The lowest BCUT2D eigenvalue weighted by Crippen LogP contribution is -2.47. The fourth-order valence-electron chi connectivity index (χ4n) is 5.91. The smallest absolute Gasteiger partial charge is 0.269 e. The molecule has 1 saturated heterocycles. The highest BCUT2D eigenvalue weighted by Crippen LogP contribution is 2.31. The summed E-state index contributed by atoms with van der Waals surface area (Å²) in [6.07, 6.45) is 3.67. The molecule has 3 amide bonds. The molecule has 12 heteroatoms. The number of nitrogens with two attached hydrogens (primary N) is 1. The van der Waals surface area contributed by atoms with Gasteiger partial charge in [0.1, 0.15) is 29.7 Å². The van der Waals surface area contributed by atoms with Crippen LogP contribution < -0.4 is 11.1 Å². The lowest BCUT2D eigenvalue weighted by atomic mass is 10.0. The molecule has 4 heterocycles. The Morgan fingerprint density at radius 2 is 1.93 bits per heavy atom. The van der Waals surface area contributed by atoms with Crippen LogP contribution in [-0.4, -0.2) is 55.2 Å². The second-order valence-electron chi connectivity index (χ2n) is 11.1. The number of hydrogen-bond donors (Lipinski definition) is 2. The molecule has 0 spiro atoms. The first-order valence-electron chi connectivity index (χ1n) is 14.0. The van der Waals surface area contributed by atoms with Gasteiger partial charge in [0.25, 0.3) is 5.91 Å². The van der Waals surface area contributed by atoms with Crippen LogP contribution in [0, 0.1) is 18.7 Å². The fraction of sp³-hybridized carbons (Fsp3) is 0.290. The number of fused-ring (bicyclic) bond motifs is 2. The zero-order chi connectivity index (χ0) is 30.4. The molecule has 5 aromatic rings. The quantitative estimate of drug-likeness (QED) is 0.295. The van der Waals surface area contributed by atoms with Crippen LogP contribution in [0.25, 0.3) is 33.0 Å². The Morgan fingerprint density at radius 1 is 1.12 bits per heavy atom. The third-order valence-corrected chi connectivity index (χ3v) is 8.01. The van der Waals surface area contributed by atoms with Gasteiger partial charge in [0.2, 0.25) is 11.8 Å². The van der Waals surface area contributed by atoms with E-state index < -0.39 is 18.0 Å². The van der Waals surface area contributed by atoms with E-state index in [1.807, 2.05) is 19.9 Å². The van der Waals surface area contributed by atoms with E-state index in [0.717, 1.165) is 16.7 Å². The highest BCUT2D eigenvalue weighted by atomic mass is 19.1. The van der Waals surface area contributed by atoms with Gasteiger partial charge in [-0.3, -0.25) is 19.1 Å². The SMILES string of the molecule is Cc1c([C@H](C)NC(=O)C2C[C@@H](C)CN2C(=O)Cn2nc(C(N)=O)c3cc(-c4ccnnc4)ccc32)oc2ccc(F)cc12. The van der Waals surface area contributed by atoms with Crippen LogP contribution in [0.1, 0.15) is 48.1 Å². The van der Waals surface area contributed by atoms with Gasteiger partial charge < -0.3 is 20.4 Å². The summed E-state index contributed by atoms with van der Waals surface area (Å²) in [6.45, 7) is 5.82. The molecule has 220 valence electrons. The predicted molar refractivity (Wildman–Crippen MR) is 156 cm³/mol.